The molecule has 1 saturated carbocycles. The smallest absolute Gasteiger partial charge is 0.231 e. The molecule has 0 radical (unpaired) electrons. The number of carbonyl (C=O) groups excluding carboxylic acids is 1. The Morgan fingerprint density at radius 3 is 2.65 bits per heavy atom. The van der Waals surface area contributed by atoms with Crippen LogP contribution in [-0.2, 0) is 4.79 Å². The first-order chi connectivity index (χ1) is 12.0. The minimum atomic E-state index is -0.622. The van der Waals surface area contributed by atoms with Gasteiger partial charge in [0.1, 0.15) is 11.5 Å². The van der Waals surface area contributed by atoms with Crippen molar-refractivity contribution < 1.29 is 9.18 Å². The number of aromatic nitrogens is 4. The summed E-state index contributed by atoms with van der Waals surface area (Å²) in [6.07, 6.45) is 3.28. The van der Waals surface area contributed by atoms with E-state index in [2.05, 4.69) is 20.8 Å². The van der Waals surface area contributed by atoms with E-state index in [4.69, 9.17) is 5.73 Å². The highest BCUT2D eigenvalue weighted by Gasteiger charge is 2.34. The number of halogens is 2. The van der Waals surface area contributed by atoms with Gasteiger partial charge in [0.15, 0.2) is 5.82 Å². The molecule has 1 fully saturated rings. The summed E-state index contributed by atoms with van der Waals surface area (Å²) in [6.45, 7) is 4.14. The molecule has 1 aromatic carbocycles. The number of tetrazole rings is 1. The predicted molar refractivity (Wildman–Crippen MR) is 99.0 cm³/mol. The molecule has 1 aliphatic carbocycles. The Morgan fingerprint density at radius 1 is 1.38 bits per heavy atom. The van der Waals surface area contributed by atoms with Crippen molar-refractivity contribution in [2.75, 3.05) is 11.9 Å². The molecule has 7 nitrogen and oxygen atoms in total. The van der Waals surface area contributed by atoms with Gasteiger partial charge in [0.25, 0.3) is 0 Å². The molecule has 9 heteroatoms. The second kappa shape index (κ2) is 8.09. The lowest BCUT2D eigenvalue weighted by Crippen LogP contribution is -2.41. The van der Waals surface area contributed by atoms with Gasteiger partial charge < -0.3 is 11.1 Å². The predicted octanol–water partition coefficient (Wildman–Crippen LogP) is 2.80. The molecule has 26 heavy (non-hydrogen) atoms. The number of carbonyl (C=O) groups is 1. The highest BCUT2D eigenvalue weighted by atomic mass is 35.5. The van der Waals surface area contributed by atoms with E-state index >= 15 is 0 Å². The Bertz CT molecular complexity index is 764. The van der Waals surface area contributed by atoms with E-state index < -0.39 is 11.2 Å². The van der Waals surface area contributed by atoms with Crippen molar-refractivity contribution in [1.29, 1.82) is 0 Å². The Balaban J connectivity index is 0.00000243. The SMILES string of the molecule is CCC(CC)(CN)C(=O)Nc1ccc(F)c(-n2nnnc2C2CC2)c1.Cl. The van der Waals surface area contributed by atoms with Crippen LogP contribution in [0, 0.1) is 11.2 Å². The van der Waals surface area contributed by atoms with Crippen LogP contribution < -0.4 is 11.1 Å². The summed E-state index contributed by atoms with van der Waals surface area (Å²) in [7, 11) is 0. The zero-order valence-electron chi connectivity index (χ0n) is 14.9. The number of benzene rings is 1. The van der Waals surface area contributed by atoms with E-state index in [0.29, 0.717) is 24.4 Å². The van der Waals surface area contributed by atoms with Crippen LogP contribution in [0.3, 0.4) is 0 Å². The Labute approximate surface area is 157 Å². The molecule has 0 atom stereocenters. The first-order valence-electron chi connectivity index (χ1n) is 8.64. The normalized spacial score (nSPS) is 14.0. The average molecular weight is 383 g/mol. The number of hydrogen-bond donors (Lipinski definition) is 2. The molecular formula is C17H24ClFN6O. The second-order valence-electron chi connectivity index (χ2n) is 6.54. The van der Waals surface area contributed by atoms with E-state index in [1.807, 2.05) is 13.8 Å². The number of amides is 1. The van der Waals surface area contributed by atoms with Crippen molar-refractivity contribution in [2.45, 2.75) is 45.4 Å². The van der Waals surface area contributed by atoms with Gasteiger partial charge >= 0.3 is 0 Å². The standard InChI is InChI=1S/C17H23FN6O.ClH/c1-3-17(4-2,10-19)16(25)20-12-7-8-13(18)14(9-12)24-15(11-5-6-11)21-22-23-24;/h7-9,11H,3-6,10,19H2,1-2H3,(H,20,25);1H. The lowest BCUT2D eigenvalue weighted by Gasteiger charge is -2.28. The van der Waals surface area contributed by atoms with Crippen LogP contribution in [0.4, 0.5) is 10.1 Å². The van der Waals surface area contributed by atoms with Gasteiger partial charge in [0.2, 0.25) is 5.91 Å². The summed E-state index contributed by atoms with van der Waals surface area (Å²) >= 11 is 0. The first kappa shape index (κ1) is 20.3. The van der Waals surface area contributed by atoms with E-state index in [0.717, 1.165) is 12.8 Å². The zero-order chi connectivity index (χ0) is 18.0. The molecule has 3 rings (SSSR count). The fraction of sp³-hybridized carbons (Fsp3) is 0.529. The third kappa shape index (κ3) is 3.71. The number of nitrogens with zero attached hydrogens (tertiary/aromatic N) is 4. The Kier molecular flexibility index (Phi) is 6.30. The van der Waals surface area contributed by atoms with E-state index in [1.54, 1.807) is 6.07 Å². The maximum absolute atomic E-state index is 14.3. The maximum atomic E-state index is 14.3. The van der Waals surface area contributed by atoms with Crippen molar-refractivity contribution >= 4 is 24.0 Å². The van der Waals surface area contributed by atoms with Crippen LogP contribution in [0.1, 0.15) is 51.3 Å². The molecule has 2 aromatic rings. The van der Waals surface area contributed by atoms with Crippen LogP contribution in [0.25, 0.3) is 5.69 Å². The van der Waals surface area contributed by atoms with Crippen LogP contribution in [0.15, 0.2) is 18.2 Å². The average Bonchev–Trinajstić information content (AvgIpc) is 3.36. The van der Waals surface area contributed by atoms with Crippen LogP contribution >= 0.6 is 12.4 Å². The Morgan fingerprint density at radius 2 is 2.08 bits per heavy atom. The molecule has 0 aliphatic heterocycles. The molecule has 1 amide bonds. The summed E-state index contributed by atoms with van der Waals surface area (Å²) in [5.41, 5.74) is 5.93. The molecule has 0 saturated heterocycles. The summed E-state index contributed by atoms with van der Waals surface area (Å²) < 4.78 is 15.7. The fourth-order valence-electron chi connectivity index (χ4n) is 2.93. The Hall–Kier alpha value is -2.06. The van der Waals surface area contributed by atoms with Gasteiger partial charge in [-0.25, -0.2) is 4.39 Å². The number of rotatable bonds is 7. The molecule has 0 bridgehead atoms. The van der Waals surface area contributed by atoms with E-state index in [1.165, 1.54) is 16.8 Å². The molecule has 1 aliphatic rings. The minimum Gasteiger partial charge on any atom is -0.329 e. The summed E-state index contributed by atoms with van der Waals surface area (Å²) in [5.74, 6) is 0.332. The number of nitrogens with one attached hydrogen (secondary N) is 1. The summed E-state index contributed by atoms with van der Waals surface area (Å²) in [4.78, 5) is 12.7. The van der Waals surface area contributed by atoms with Crippen LogP contribution in [-0.4, -0.2) is 32.7 Å². The summed E-state index contributed by atoms with van der Waals surface area (Å²) in [6, 6.07) is 4.40. The van der Waals surface area contributed by atoms with Crippen molar-refractivity contribution in [1.82, 2.24) is 20.2 Å². The van der Waals surface area contributed by atoms with Gasteiger partial charge in [-0.2, -0.15) is 4.68 Å². The topological polar surface area (TPSA) is 98.7 Å². The highest BCUT2D eigenvalue weighted by Crippen LogP contribution is 2.39. The van der Waals surface area contributed by atoms with E-state index in [9.17, 15) is 9.18 Å². The third-order valence-electron chi connectivity index (χ3n) is 5.09. The number of nitrogens with two attached hydrogens (primary N) is 1. The van der Waals surface area contributed by atoms with E-state index in [-0.39, 0.29) is 36.5 Å². The van der Waals surface area contributed by atoms with Gasteiger partial charge in [-0.15, -0.1) is 17.5 Å². The quantitative estimate of drug-likeness (QED) is 0.767. The maximum Gasteiger partial charge on any atom is 0.231 e. The lowest BCUT2D eigenvalue weighted by atomic mass is 9.81. The molecule has 1 aromatic heterocycles. The van der Waals surface area contributed by atoms with Gasteiger partial charge in [0.05, 0.1) is 5.41 Å². The van der Waals surface area contributed by atoms with Crippen LogP contribution in [0.2, 0.25) is 0 Å². The van der Waals surface area contributed by atoms with Gasteiger partial charge in [-0.05, 0) is 54.3 Å². The molecule has 0 unspecified atom stereocenters. The van der Waals surface area contributed by atoms with Crippen LogP contribution in [0.5, 0.6) is 0 Å². The summed E-state index contributed by atoms with van der Waals surface area (Å²) in [5, 5.41) is 14.4. The van der Waals surface area contributed by atoms with Crippen molar-refractivity contribution in [3.63, 3.8) is 0 Å². The monoisotopic (exact) mass is 382 g/mol. The van der Waals surface area contributed by atoms with Crippen molar-refractivity contribution in [2.24, 2.45) is 11.1 Å². The van der Waals surface area contributed by atoms with Crippen molar-refractivity contribution in [3.8, 4) is 5.69 Å². The van der Waals surface area contributed by atoms with Crippen molar-refractivity contribution in [3.05, 3.63) is 29.8 Å². The number of hydrogen-bond acceptors (Lipinski definition) is 5. The molecule has 1 heterocycles. The molecule has 3 N–H and O–H groups in total. The molecular weight excluding hydrogens is 359 g/mol. The van der Waals surface area contributed by atoms with Gasteiger partial charge in [-0.1, -0.05) is 13.8 Å². The van der Waals surface area contributed by atoms with Gasteiger partial charge in [-0.3, -0.25) is 4.79 Å². The highest BCUT2D eigenvalue weighted by molar-refractivity contribution is 5.95. The second-order valence-corrected chi connectivity index (χ2v) is 6.54. The fourth-order valence-corrected chi connectivity index (χ4v) is 2.93. The largest absolute Gasteiger partial charge is 0.329 e. The molecule has 142 valence electrons. The number of anilines is 1. The third-order valence-corrected chi connectivity index (χ3v) is 5.09. The lowest BCUT2D eigenvalue weighted by molar-refractivity contribution is -0.125. The first-order valence-corrected chi connectivity index (χ1v) is 8.64. The van der Waals surface area contributed by atoms with Gasteiger partial charge in [0, 0.05) is 18.2 Å². The minimum absolute atomic E-state index is 0. The zero-order valence-corrected chi connectivity index (χ0v) is 15.7. The molecule has 0 spiro atoms.